The van der Waals surface area contributed by atoms with Gasteiger partial charge in [0, 0.05) is 30.4 Å². The molecule has 6 heteroatoms. The molecule has 2 heterocycles. The van der Waals surface area contributed by atoms with Crippen molar-refractivity contribution in [1.82, 2.24) is 9.99 Å². The van der Waals surface area contributed by atoms with Gasteiger partial charge in [0.2, 0.25) is 0 Å². The minimum atomic E-state index is -0.393. The third-order valence-electron chi connectivity index (χ3n) is 3.16. The Bertz CT molecular complexity index is 598. The fraction of sp³-hybridized carbons (Fsp3) is 0.308. The zero-order chi connectivity index (χ0) is 13.2. The molecular formula is C13H15FN4O. The largest absolute Gasteiger partial charge is 0.398 e. The number of nitrogens with one attached hydrogen (secondary N) is 1. The van der Waals surface area contributed by atoms with E-state index < -0.39 is 5.82 Å². The molecule has 0 unspecified atom stereocenters. The Kier molecular flexibility index (Phi) is 3.18. The molecule has 1 saturated heterocycles. The maximum absolute atomic E-state index is 14.1. The number of benzene rings is 1. The van der Waals surface area contributed by atoms with Crippen molar-refractivity contribution in [2.24, 2.45) is 0 Å². The molecule has 0 bridgehead atoms. The van der Waals surface area contributed by atoms with E-state index in [1.165, 1.54) is 6.07 Å². The molecule has 100 valence electrons. The molecule has 0 atom stereocenters. The van der Waals surface area contributed by atoms with Crippen molar-refractivity contribution >= 4 is 22.3 Å². The van der Waals surface area contributed by atoms with E-state index >= 15 is 0 Å². The third-order valence-corrected chi connectivity index (χ3v) is 3.16. The Labute approximate surface area is 110 Å². The lowest BCUT2D eigenvalue weighted by Crippen LogP contribution is -2.40. The zero-order valence-electron chi connectivity index (χ0n) is 10.4. The van der Waals surface area contributed by atoms with Crippen LogP contribution in [-0.4, -0.2) is 36.3 Å². The molecule has 1 aromatic carbocycles. The van der Waals surface area contributed by atoms with Gasteiger partial charge in [0.25, 0.3) is 0 Å². The minimum absolute atomic E-state index is 0.367. The lowest BCUT2D eigenvalue weighted by Gasteiger charge is -2.28. The molecule has 1 fully saturated rings. The maximum atomic E-state index is 14.1. The van der Waals surface area contributed by atoms with E-state index in [9.17, 15) is 4.39 Å². The van der Waals surface area contributed by atoms with Gasteiger partial charge in [-0.15, -0.1) is 0 Å². The Morgan fingerprint density at radius 3 is 2.95 bits per heavy atom. The van der Waals surface area contributed by atoms with Crippen LogP contribution >= 0.6 is 0 Å². The molecule has 19 heavy (non-hydrogen) atoms. The monoisotopic (exact) mass is 262 g/mol. The summed E-state index contributed by atoms with van der Waals surface area (Å²) in [5.41, 5.74) is 10.2. The normalized spacial score (nSPS) is 16.7. The average molecular weight is 262 g/mol. The summed E-state index contributed by atoms with van der Waals surface area (Å²) in [4.78, 5) is 4.23. The topological polar surface area (TPSA) is 63.4 Å². The van der Waals surface area contributed by atoms with Crippen LogP contribution in [0.3, 0.4) is 0 Å². The van der Waals surface area contributed by atoms with Crippen molar-refractivity contribution in [1.29, 1.82) is 0 Å². The van der Waals surface area contributed by atoms with Crippen LogP contribution in [0, 0.1) is 5.82 Å². The molecule has 1 aromatic heterocycles. The number of nitrogen functional groups attached to an aromatic ring is 1. The number of morpholine rings is 1. The highest BCUT2D eigenvalue weighted by Crippen LogP contribution is 2.29. The predicted molar refractivity (Wildman–Crippen MR) is 72.1 cm³/mol. The van der Waals surface area contributed by atoms with Crippen molar-refractivity contribution in [3.05, 3.63) is 30.2 Å². The second-order valence-corrected chi connectivity index (χ2v) is 4.43. The lowest BCUT2D eigenvalue weighted by molar-refractivity contribution is 0.0496. The van der Waals surface area contributed by atoms with Crippen LogP contribution in [0.15, 0.2) is 24.4 Å². The van der Waals surface area contributed by atoms with E-state index in [-0.39, 0.29) is 0 Å². The SMILES string of the molecule is Nc1cc(F)c(NN2CCOCC2)c2ncccc12. The van der Waals surface area contributed by atoms with Crippen LogP contribution in [0.4, 0.5) is 15.8 Å². The molecule has 0 aliphatic carbocycles. The highest BCUT2D eigenvalue weighted by atomic mass is 19.1. The molecule has 0 saturated carbocycles. The number of fused-ring (bicyclic) bond motifs is 1. The third kappa shape index (κ3) is 2.32. The van der Waals surface area contributed by atoms with Crippen molar-refractivity contribution in [2.45, 2.75) is 0 Å². The molecule has 2 aromatic rings. The van der Waals surface area contributed by atoms with E-state index in [0.717, 1.165) is 5.39 Å². The van der Waals surface area contributed by atoms with Crippen LogP contribution in [0.2, 0.25) is 0 Å². The van der Waals surface area contributed by atoms with Crippen molar-refractivity contribution in [2.75, 3.05) is 37.5 Å². The molecule has 0 amide bonds. The van der Waals surface area contributed by atoms with Crippen molar-refractivity contribution in [3.8, 4) is 0 Å². The van der Waals surface area contributed by atoms with Gasteiger partial charge in [-0.3, -0.25) is 4.98 Å². The highest BCUT2D eigenvalue weighted by molar-refractivity contribution is 5.98. The van der Waals surface area contributed by atoms with Gasteiger partial charge < -0.3 is 15.9 Å². The first-order chi connectivity index (χ1) is 9.25. The number of hydrazine groups is 1. The van der Waals surface area contributed by atoms with Gasteiger partial charge in [0.1, 0.15) is 5.69 Å². The van der Waals surface area contributed by atoms with Gasteiger partial charge in [-0.25, -0.2) is 9.40 Å². The van der Waals surface area contributed by atoms with Gasteiger partial charge >= 0.3 is 0 Å². The number of nitrogens with zero attached hydrogens (tertiary/aromatic N) is 2. The summed E-state index contributed by atoms with van der Waals surface area (Å²) < 4.78 is 19.4. The quantitative estimate of drug-likeness (QED) is 0.805. The Balaban J connectivity index is 2.01. The minimum Gasteiger partial charge on any atom is -0.398 e. The van der Waals surface area contributed by atoms with Crippen LogP contribution in [0.1, 0.15) is 0 Å². The summed E-state index contributed by atoms with van der Waals surface area (Å²) in [5.74, 6) is -0.393. The molecule has 1 aliphatic rings. The molecular weight excluding hydrogens is 247 g/mol. The average Bonchev–Trinajstić information content (AvgIpc) is 2.45. The number of nitrogens with two attached hydrogens (primary N) is 1. The van der Waals surface area contributed by atoms with Crippen molar-refractivity contribution in [3.63, 3.8) is 0 Å². The van der Waals surface area contributed by atoms with Gasteiger partial charge in [-0.1, -0.05) is 0 Å². The molecule has 3 N–H and O–H groups in total. The number of anilines is 2. The lowest BCUT2D eigenvalue weighted by atomic mass is 10.1. The van der Waals surface area contributed by atoms with Crippen LogP contribution in [0.25, 0.3) is 10.9 Å². The second kappa shape index (κ2) is 4.99. The Morgan fingerprint density at radius 2 is 2.16 bits per heavy atom. The molecule has 3 rings (SSSR count). The number of hydrogen-bond acceptors (Lipinski definition) is 5. The van der Waals surface area contributed by atoms with Gasteiger partial charge in [-0.2, -0.15) is 0 Å². The van der Waals surface area contributed by atoms with Gasteiger partial charge in [0.15, 0.2) is 5.82 Å². The summed E-state index contributed by atoms with van der Waals surface area (Å²) in [5, 5.41) is 2.67. The second-order valence-electron chi connectivity index (χ2n) is 4.43. The number of pyridine rings is 1. The molecule has 0 radical (unpaired) electrons. The van der Waals surface area contributed by atoms with E-state index in [4.69, 9.17) is 10.5 Å². The number of aromatic nitrogens is 1. The number of rotatable bonds is 2. The summed E-state index contributed by atoms with van der Waals surface area (Å²) in [6.07, 6.45) is 1.63. The summed E-state index contributed by atoms with van der Waals surface area (Å²) in [6.45, 7) is 2.68. The first kappa shape index (κ1) is 12.1. The Morgan fingerprint density at radius 1 is 1.37 bits per heavy atom. The number of hydrogen-bond donors (Lipinski definition) is 2. The number of halogens is 1. The smallest absolute Gasteiger partial charge is 0.151 e. The van der Waals surface area contributed by atoms with Crippen molar-refractivity contribution < 1.29 is 9.13 Å². The maximum Gasteiger partial charge on any atom is 0.151 e. The van der Waals surface area contributed by atoms with E-state index in [1.807, 2.05) is 11.1 Å². The Hall–Kier alpha value is -1.92. The van der Waals surface area contributed by atoms with Crippen LogP contribution in [-0.2, 0) is 4.74 Å². The molecule has 5 nitrogen and oxygen atoms in total. The first-order valence-electron chi connectivity index (χ1n) is 6.18. The summed E-state index contributed by atoms with van der Waals surface area (Å²) in [7, 11) is 0. The van der Waals surface area contributed by atoms with E-state index in [1.54, 1.807) is 12.3 Å². The predicted octanol–water partition coefficient (Wildman–Crippen LogP) is 1.62. The standard InChI is InChI=1S/C13H15FN4O/c14-10-8-11(15)9-2-1-3-16-12(9)13(10)17-18-4-6-19-7-5-18/h1-3,8,17H,4-7,15H2. The van der Waals surface area contributed by atoms with Gasteiger partial charge in [0.05, 0.1) is 18.7 Å². The fourth-order valence-corrected chi connectivity index (χ4v) is 2.18. The highest BCUT2D eigenvalue weighted by Gasteiger charge is 2.16. The zero-order valence-corrected chi connectivity index (χ0v) is 10.4. The number of ether oxygens (including phenoxy) is 1. The van der Waals surface area contributed by atoms with E-state index in [2.05, 4.69) is 10.4 Å². The molecule has 1 aliphatic heterocycles. The molecule has 0 spiro atoms. The fourth-order valence-electron chi connectivity index (χ4n) is 2.18. The summed E-state index contributed by atoms with van der Waals surface area (Å²) in [6, 6.07) is 4.95. The van der Waals surface area contributed by atoms with Crippen LogP contribution < -0.4 is 11.2 Å². The van der Waals surface area contributed by atoms with Crippen LogP contribution in [0.5, 0.6) is 0 Å². The first-order valence-corrected chi connectivity index (χ1v) is 6.18. The summed E-state index contributed by atoms with van der Waals surface area (Å²) >= 11 is 0. The van der Waals surface area contributed by atoms with Gasteiger partial charge in [-0.05, 0) is 18.2 Å². The van der Waals surface area contributed by atoms with E-state index in [0.29, 0.717) is 43.2 Å².